The lowest BCUT2D eigenvalue weighted by Gasteiger charge is -2.31. The lowest BCUT2D eigenvalue weighted by atomic mass is 10.1. The first-order chi connectivity index (χ1) is 20.2. The van der Waals surface area contributed by atoms with E-state index in [0.29, 0.717) is 37.7 Å². The van der Waals surface area contributed by atoms with E-state index in [1.54, 1.807) is 24.2 Å². The Morgan fingerprint density at radius 2 is 1.86 bits per heavy atom. The third-order valence-corrected chi connectivity index (χ3v) is 6.78. The number of nitrogens with zero attached hydrogens (tertiary/aromatic N) is 4. The molecule has 1 aromatic carbocycles. The summed E-state index contributed by atoms with van der Waals surface area (Å²) in [5.74, 6) is 1.00. The van der Waals surface area contributed by atoms with E-state index >= 15 is 0 Å². The fourth-order valence-electron chi connectivity index (χ4n) is 4.92. The molecule has 0 bridgehead atoms. The van der Waals surface area contributed by atoms with Crippen molar-refractivity contribution in [3.05, 3.63) is 90.0 Å². The molecular formula is C33H36N4O5. The van der Waals surface area contributed by atoms with Gasteiger partial charge in [-0.25, -0.2) is 14.6 Å². The molecule has 0 aliphatic carbocycles. The molecule has 9 nitrogen and oxygen atoms in total. The van der Waals surface area contributed by atoms with Crippen molar-refractivity contribution in [1.82, 2.24) is 14.5 Å². The molecule has 0 unspecified atom stereocenters. The Balaban J connectivity index is 1.30. The average molecular weight is 569 g/mol. The highest BCUT2D eigenvalue weighted by Gasteiger charge is 2.28. The van der Waals surface area contributed by atoms with Crippen LogP contribution in [0, 0.1) is 0 Å². The maximum atomic E-state index is 12.8. The van der Waals surface area contributed by atoms with Crippen molar-refractivity contribution < 1.29 is 23.8 Å². The molecule has 0 spiro atoms. The molecule has 218 valence electrons. The van der Waals surface area contributed by atoms with E-state index < -0.39 is 11.6 Å². The highest BCUT2D eigenvalue weighted by Crippen LogP contribution is 2.29. The number of amides is 1. The zero-order valence-electron chi connectivity index (χ0n) is 24.5. The van der Waals surface area contributed by atoms with Crippen LogP contribution in [-0.2, 0) is 27.1 Å². The Kier molecular flexibility index (Phi) is 8.56. The molecule has 0 atom stereocenters. The highest BCUT2D eigenvalue weighted by atomic mass is 16.6. The van der Waals surface area contributed by atoms with Gasteiger partial charge in [-0.05, 0) is 88.6 Å². The van der Waals surface area contributed by atoms with Crippen molar-refractivity contribution in [1.29, 1.82) is 0 Å². The molecule has 9 heteroatoms. The fraction of sp³-hybridized carbons (Fsp3) is 0.333. The van der Waals surface area contributed by atoms with E-state index in [-0.39, 0.29) is 6.09 Å². The fourth-order valence-corrected chi connectivity index (χ4v) is 4.92. The SMILES string of the molecule is CCOC(=O)C=C(c1ccncc1)n1ccc2cc(OCCc3ccc4c(n3)N(C(=O)OC(C)(C)C)CCC4)ccc21. The molecular weight excluding hydrogens is 532 g/mol. The molecule has 1 aliphatic heterocycles. The predicted molar refractivity (Wildman–Crippen MR) is 162 cm³/mol. The van der Waals surface area contributed by atoms with Gasteiger partial charge < -0.3 is 18.8 Å². The summed E-state index contributed by atoms with van der Waals surface area (Å²) in [5, 5.41) is 0.969. The van der Waals surface area contributed by atoms with Crippen molar-refractivity contribution in [3.63, 3.8) is 0 Å². The molecule has 42 heavy (non-hydrogen) atoms. The number of benzene rings is 1. The van der Waals surface area contributed by atoms with Crippen LogP contribution in [0.3, 0.4) is 0 Å². The molecule has 1 amide bonds. The van der Waals surface area contributed by atoms with Crippen molar-refractivity contribution in [2.45, 2.75) is 52.6 Å². The van der Waals surface area contributed by atoms with Crippen LogP contribution in [0.4, 0.5) is 10.6 Å². The number of carbonyl (C=O) groups excluding carboxylic acids is 2. The third-order valence-electron chi connectivity index (χ3n) is 6.78. The summed E-state index contributed by atoms with van der Waals surface area (Å²) in [6.07, 6.45) is 8.79. The van der Waals surface area contributed by atoms with E-state index in [9.17, 15) is 9.59 Å². The van der Waals surface area contributed by atoms with Crippen molar-refractivity contribution in [3.8, 4) is 5.75 Å². The van der Waals surface area contributed by atoms with Crippen LogP contribution < -0.4 is 9.64 Å². The van der Waals surface area contributed by atoms with Crippen LogP contribution in [0.2, 0.25) is 0 Å². The highest BCUT2D eigenvalue weighted by molar-refractivity contribution is 5.95. The third kappa shape index (κ3) is 6.79. The van der Waals surface area contributed by atoms with Gasteiger partial charge in [0.15, 0.2) is 0 Å². The van der Waals surface area contributed by atoms with Crippen LogP contribution in [-0.4, -0.2) is 52.0 Å². The Morgan fingerprint density at radius 1 is 1.05 bits per heavy atom. The molecule has 1 aliphatic rings. The first kappa shape index (κ1) is 28.9. The number of pyridine rings is 2. The van der Waals surface area contributed by atoms with Gasteiger partial charge in [-0.3, -0.25) is 9.88 Å². The molecule has 3 aromatic heterocycles. The maximum Gasteiger partial charge on any atom is 0.416 e. The van der Waals surface area contributed by atoms with E-state index in [2.05, 4.69) is 4.98 Å². The van der Waals surface area contributed by atoms with Gasteiger partial charge in [0.1, 0.15) is 17.2 Å². The minimum Gasteiger partial charge on any atom is -0.493 e. The number of anilines is 1. The molecule has 5 rings (SSSR count). The Labute approximate surface area is 245 Å². The van der Waals surface area contributed by atoms with Crippen molar-refractivity contribution >= 4 is 34.5 Å². The molecule has 0 N–H and O–H groups in total. The molecule has 0 radical (unpaired) electrons. The number of esters is 1. The first-order valence-electron chi connectivity index (χ1n) is 14.2. The van der Waals surface area contributed by atoms with Crippen molar-refractivity contribution in [2.24, 2.45) is 0 Å². The van der Waals surface area contributed by atoms with Crippen LogP contribution in [0.15, 0.2) is 73.2 Å². The maximum absolute atomic E-state index is 12.8. The molecule has 0 fully saturated rings. The van der Waals surface area contributed by atoms with Gasteiger partial charge >= 0.3 is 12.1 Å². The number of aromatic nitrogens is 3. The second-order valence-corrected chi connectivity index (χ2v) is 11.0. The second-order valence-electron chi connectivity index (χ2n) is 11.0. The quantitative estimate of drug-likeness (QED) is 0.185. The lowest BCUT2D eigenvalue weighted by molar-refractivity contribution is -0.137. The zero-order chi connectivity index (χ0) is 29.7. The summed E-state index contributed by atoms with van der Waals surface area (Å²) in [7, 11) is 0. The average Bonchev–Trinajstić information content (AvgIpc) is 3.38. The largest absolute Gasteiger partial charge is 0.493 e. The van der Waals surface area contributed by atoms with Crippen LogP contribution in [0.25, 0.3) is 16.6 Å². The van der Waals surface area contributed by atoms with E-state index in [0.717, 1.165) is 46.3 Å². The molecule has 0 saturated heterocycles. The number of hydrogen-bond acceptors (Lipinski definition) is 7. The summed E-state index contributed by atoms with van der Waals surface area (Å²) in [6.45, 7) is 8.69. The van der Waals surface area contributed by atoms with E-state index in [1.165, 1.54) is 6.08 Å². The molecule has 0 saturated carbocycles. The second kappa shape index (κ2) is 12.5. The Morgan fingerprint density at radius 3 is 2.62 bits per heavy atom. The molecule has 4 heterocycles. The van der Waals surface area contributed by atoms with E-state index in [4.69, 9.17) is 19.2 Å². The topological polar surface area (TPSA) is 95.8 Å². The van der Waals surface area contributed by atoms with Crippen LogP contribution >= 0.6 is 0 Å². The first-order valence-corrected chi connectivity index (χ1v) is 14.2. The van der Waals surface area contributed by atoms with Gasteiger partial charge in [0.05, 0.1) is 24.4 Å². The number of fused-ring (bicyclic) bond motifs is 2. The lowest BCUT2D eigenvalue weighted by Crippen LogP contribution is -2.40. The van der Waals surface area contributed by atoms with Crippen LogP contribution in [0.1, 0.15) is 50.9 Å². The number of carbonyl (C=O) groups is 2. The number of ether oxygens (including phenoxy) is 3. The monoisotopic (exact) mass is 568 g/mol. The standard InChI is InChI=1S/C33H36N4O5/c1-5-40-30(38)22-29(23-12-16-34-17-13-23)36-19-14-25-21-27(10-11-28(25)36)41-20-15-26-9-8-24-7-6-18-37(31(24)35-26)32(39)42-33(2,3)4/h8-14,16-17,19,21-22H,5-7,15,18,20H2,1-4H3. The summed E-state index contributed by atoms with van der Waals surface area (Å²) in [4.78, 5) is 35.7. The van der Waals surface area contributed by atoms with Gasteiger partial charge in [-0.1, -0.05) is 6.07 Å². The summed E-state index contributed by atoms with van der Waals surface area (Å²) < 4.78 is 18.8. The Bertz CT molecular complexity index is 1600. The number of rotatable bonds is 8. The van der Waals surface area contributed by atoms with Gasteiger partial charge in [-0.15, -0.1) is 0 Å². The number of aryl methyl sites for hydroxylation is 1. The van der Waals surface area contributed by atoms with E-state index in [1.807, 2.05) is 80.1 Å². The number of hydrogen-bond donors (Lipinski definition) is 0. The normalized spacial score (nSPS) is 13.5. The van der Waals surface area contributed by atoms with Gasteiger partial charge in [0, 0.05) is 54.3 Å². The summed E-state index contributed by atoms with van der Waals surface area (Å²) in [5.41, 5.74) is 3.79. The smallest absolute Gasteiger partial charge is 0.416 e. The summed E-state index contributed by atoms with van der Waals surface area (Å²) in [6, 6.07) is 15.6. The zero-order valence-corrected chi connectivity index (χ0v) is 24.5. The Hall–Kier alpha value is -4.66. The summed E-state index contributed by atoms with van der Waals surface area (Å²) >= 11 is 0. The van der Waals surface area contributed by atoms with Gasteiger partial charge in [-0.2, -0.15) is 0 Å². The predicted octanol–water partition coefficient (Wildman–Crippen LogP) is 6.19. The minimum absolute atomic E-state index is 0.301. The van der Waals surface area contributed by atoms with Crippen LogP contribution in [0.5, 0.6) is 5.75 Å². The minimum atomic E-state index is -0.569. The van der Waals surface area contributed by atoms with Crippen molar-refractivity contribution in [2.75, 3.05) is 24.7 Å². The molecule has 4 aromatic rings. The van der Waals surface area contributed by atoms with Gasteiger partial charge in [0.25, 0.3) is 0 Å². The van der Waals surface area contributed by atoms with Gasteiger partial charge in [0.2, 0.25) is 0 Å².